The van der Waals surface area contributed by atoms with Gasteiger partial charge in [-0.25, -0.2) is 0 Å². The first-order chi connectivity index (χ1) is 7.91. The zero-order chi connectivity index (χ0) is 12.6. The second-order valence-corrected chi connectivity index (χ2v) is 5.02. The summed E-state index contributed by atoms with van der Waals surface area (Å²) in [6, 6.07) is 7.45. The largest absolute Gasteiger partial charge is 1.00 e. The Morgan fingerprint density at radius 2 is 1.94 bits per heavy atom. The minimum absolute atomic E-state index is 0. The number of aromatic hydroxyl groups is 1. The van der Waals surface area contributed by atoms with Crippen LogP contribution < -0.4 is 5.32 Å². The topological polar surface area (TPSA) is 86.6 Å². The van der Waals surface area contributed by atoms with Crippen LogP contribution in [0.2, 0.25) is 0 Å². The molecule has 0 saturated heterocycles. The van der Waals surface area contributed by atoms with E-state index in [2.05, 4.69) is 5.32 Å². The smallest absolute Gasteiger partial charge is 0.507 e. The Kier molecular flexibility index (Phi) is 2.68. The number of benzene rings is 2. The summed E-state index contributed by atoms with van der Waals surface area (Å²) in [5.74, 6) is -0.183. The number of fused-ring (bicyclic) bond motifs is 1. The Morgan fingerprint density at radius 1 is 1.24 bits per heavy atom. The van der Waals surface area contributed by atoms with Crippen molar-refractivity contribution in [2.75, 3.05) is 12.4 Å². The summed E-state index contributed by atoms with van der Waals surface area (Å²) in [6.07, 6.45) is 0. The summed E-state index contributed by atoms with van der Waals surface area (Å²) >= 11 is 0. The van der Waals surface area contributed by atoms with Gasteiger partial charge in [0.15, 0.2) is 0 Å². The quantitative estimate of drug-likeness (QED) is 0.713. The van der Waals surface area contributed by atoms with Crippen molar-refractivity contribution < 1.29 is 19.5 Å². The minimum atomic E-state index is -4.32. The maximum Gasteiger partial charge on any atom is 1.00 e. The number of hydrogen-bond donors (Lipinski definition) is 3. The SMILES string of the molecule is CNc1ccc2c(O)cc(S(=O)(=O)O)cc2c1.[H+]. The predicted octanol–water partition coefficient (Wildman–Crippen LogP) is 1.95. The van der Waals surface area contributed by atoms with Gasteiger partial charge in [0.05, 0.1) is 4.90 Å². The molecule has 0 amide bonds. The van der Waals surface area contributed by atoms with Gasteiger partial charge in [0, 0.05) is 24.2 Å². The Bertz CT molecular complexity index is 685. The lowest BCUT2D eigenvalue weighted by Gasteiger charge is -2.06. The molecular formula is C11H12NO4S+. The number of hydrogen-bond acceptors (Lipinski definition) is 4. The lowest BCUT2D eigenvalue weighted by Crippen LogP contribution is -1.98. The average Bonchev–Trinajstić information content (AvgIpc) is 2.27. The van der Waals surface area contributed by atoms with Crippen LogP contribution >= 0.6 is 0 Å². The van der Waals surface area contributed by atoms with E-state index in [1.165, 1.54) is 6.07 Å². The highest BCUT2D eigenvalue weighted by molar-refractivity contribution is 7.85. The van der Waals surface area contributed by atoms with Crippen molar-refractivity contribution in [2.24, 2.45) is 0 Å². The molecule has 3 N–H and O–H groups in total. The molecule has 0 spiro atoms. The maximum absolute atomic E-state index is 11.0. The maximum atomic E-state index is 11.0. The normalized spacial score (nSPS) is 11.6. The van der Waals surface area contributed by atoms with Gasteiger partial charge >= 0.3 is 1.43 Å². The van der Waals surface area contributed by atoms with Crippen LogP contribution in [0.15, 0.2) is 35.2 Å². The third-order valence-corrected chi connectivity index (χ3v) is 3.32. The second-order valence-electron chi connectivity index (χ2n) is 3.60. The molecule has 17 heavy (non-hydrogen) atoms. The predicted molar refractivity (Wildman–Crippen MR) is 66.1 cm³/mol. The molecule has 6 heteroatoms. The molecule has 0 aliphatic carbocycles. The van der Waals surface area contributed by atoms with Crippen LogP contribution in [-0.4, -0.2) is 25.1 Å². The first-order valence-electron chi connectivity index (χ1n) is 4.84. The van der Waals surface area contributed by atoms with E-state index in [0.717, 1.165) is 11.8 Å². The summed E-state index contributed by atoms with van der Waals surface area (Å²) in [5.41, 5.74) is 0.782. The van der Waals surface area contributed by atoms with Crippen molar-refractivity contribution in [2.45, 2.75) is 4.90 Å². The minimum Gasteiger partial charge on any atom is -0.507 e. The third-order valence-electron chi connectivity index (χ3n) is 2.49. The van der Waals surface area contributed by atoms with Gasteiger partial charge in [-0.1, -0.05) is 0 Å². The van der Waals surface area contributed by atoms with Crippen LogP contribution in [0.4, 0.5) is 5.69 Å². The number of phenolic OH excluding ortho intramolecular Hbond substituents is 1. The molecule has 90 valence electrons. The van der Waals surface area contributed by atoms with Crippen molar-refractivity contribution in [3.8, 4) is 5.75 Å². The lowest BCUT2D eigenvalue weighted by molar-refractivity contribution is 0.471. The van der Waals surface area contributed by atoms with Crippen molar-refractivity contribution in [3.63, 3.8) is 0 Å². The van der Waals surface area contributed by atoms with Crippen LogP contribution in [0.25, 0.3) is 10.8 Å². The van der Waals surface area contributed by atoms with Gasteiger partial charge < -0.3 is 10.4 Å². The highest BCUT2D eigenvalue weighted by Crippen LogP contribution is 2.30. The van der Waals surface area contributed by atoms with E-state index in [1.54, 1.807) is 25.2 Å². The first kappa shape index (κ1) is 11.7. The van der Waals surface area contributed by atoms with E-state index in [-0.39, 0.29) is 12.1 Å². The van der Waals surface area contributed by atoms with Crippen molar-refractivity contribution in [3.05, 3.63) is 30.3 Å². The summed E-state index contributed by atoms with van der Waals surface area (Å²) < 4.78 is 31.0. The fraction of sp³-hybridized carbons (Fsp3) is 0.0909. The molecule has 0 atom stereocenters. The molecule has 0 aliphatic heterocycles. The summed E-state index contributed by atoms with van der Waals surface area (Å²) in [5, 5.41) is 13.6. The van der Waals surface area contributed by atoms with Gasteiger partial charge in [-0.15, -0.1) is 0 Å². The van der Waals surface area contributed by atoms with E-state index in [1.807, 2.05) is 0 Å². The molecule has 0 bridgehead atoms. The summed E-state index contributed by atoms with van der Waals surface area (Å²) in [4.78, 5) is -0.323. The van der Waals surface area contributed by atoms with Crippen molar-refractivity contribution >= 4 is 26.6 Å². The zero-order valence-electron chi connectivity index (χ0n) is 10.0. The number of phenols is 1. The second kappa shape index (κ2) is 3.90. The summed E-state index contributed by atoms with van der Waals surface area (Å²) in [7, 11) is -2.59. The van der Waals surface area contributed by atoms with Crippen LogP contribution in [0.1, 0.15) is 1.43 Å². The van der Waals surface area contributed by atoms with Crippen LogP contribution in [0.3, 0.4) is 0 Å². The van der Waals surface area contributed by atoms with Gasteiger partial charge in [0.25, 0.3) is 10.1 Å². The van der Waals surface area contributed by atoms with Gasteiger partial charge in [-0.3, -0.25) is 4.55 Å². The van der Waals surface area contributed by atoms with Crippen LogP contribution in [0.5, 0.6) is 5.75 Å². The molecule has 0 saturated carbocycles. The Labute approximate surface area is 99.9 Å². The fourth-order valence-electron chi connectivity index (χ4n) is 1.63. The van der Waals surface area contributed by atoms with Crippen LogP contribution in [0, 0.1) is 0 Å². The highest BCUT2D eigenvalue weighted by Gasteiger charge is 2.13. The number of nitrogens with one attached hydrogen (secondary N) is 1. The molecule has 0 radical (unpaired) electrons. The van der Waals surface area contributed by atoms with E-state index in [4.69, 9.17) is 4.55 Å². The standard InChI is InChI=1S/C11H11NO4S/c1-12-8-2-3-10-7(4-8)5-9(6-11(10)13)17(14,15)16/h2-6,12-13H,1H3,(H,14,15,16)/p+1. The molecule has 2 aromatic rings. The first-order valence-corrected chi connectivity index (χ1v) is 6.28. The van der Waals surface area contributed by atoms with Gasteiger partial charge in [-0.05, 0) is 29.7 Å². The molecule has 0 unspecified atom stereocenters. The van der Waals surface area contributed by atoms with Crippen LogP contribution in [-0.2, 0) is 10.1 Å². The molecule has 2 rings (SSSR count). The number of anilines is 1. The molecule has 5 nitrogen and oxygen atoms in total. The molecule has 0 fully saturated rings. The Balaban J connectivity index is 0.00000162. The van der Waals surface area contributed by atoms with Crippen molar-refractivity contribution in [1.82, 2.24) is 0 Å². The molecule has 0 aromatic heterocycles. The van der Waals surface area contributed by atoms with Gasteiger partial charge in [-0.2, -0.15) is 8.42 Å². The zero-order valence-corrected chi connectivity index (χ0v) is 9.82. The lowest BCUT2D eigenvalue weighted by atomic mass is 10.1. The van der Waals surface area contributed by atoms with Gasteiger partial charge in [0.2, 0.25) is 0 Å². The molecule has 0 aliphatic rings. The monoisotopic (exact) mass is 254 g/mol. The summed E-state index contributed by atoms with van der Waals surface area (Å²) in [6.45, 7) is 0. The number of rotatable bonds is 2. The molecule has 0 heterocycles. The average molecular weight is 254 g/mol. The Hall–Kier alpha value is -1.79. The van der Waals surface area contributed by atoms with Crippen molar-refractivity contribution in [1.29, 1.82) is 0 Å². The molecular weight excluding hydrogens is 242 g/mol. The highest BCUT2D eigenvalue weighted by atomic mass is 32.2. The van der Waals surface area contributed by atoms with E-state index < -0.39 is 10.1 Å². The van der Waals surface area contributed by atoms with Gasteiger partial charge in [0.1, 0.15) is 5.75 Å². The third kappa shape index (κ3) is 2.17. The van der Waals surface area contributed by atoms with E-state index >= 15 is 0 Å². The van der Waals surface area contributed by atoms with E-state index in [0.29, 0.717) is 10.8 Å². The Morgan fingerprint density at radius 3 is 2.53 bits per heavy atom. The fourth-order valence-corrected chi connectivity index (χ4v) is 2.16. The van der Waals surface area contributed by atoms with E-state index in [9.17, 15) is 13.5 Å². The molecule has 2 aromatic carbocycles.